The van der Waals surface area contributed by atoms with E-state index in [4.69, 9.17) is 15.0 Å². The van der Waals surface area contributed by atoms with E-state index < -0.39 is 5.41 Å². The van der Waals surface area contributed by atoms with Crippen LogP contribution in [0.15, 0.2) is 231 Å². The van der Waals surface area contributed by atoms with Crippen LogP contribution in [0.3, 0.4) is 0 Å². The molecule has 12 aromatic rings. The minimum atomic E-state index is -0.545. The molecule has 1 unspecified atom stereocenters. The minimum absolute atomic E-state index is 0.545. The summed E-state index contributed by atoms with van der Waals surface area (Å²) in [5.74, 6) is 1.93. The average molecular weight is 839 g/mol. The van der Waals surface area contributed by atoms with Crippen molar-refractivity contribution in [3.05, 3.63) is 253 Å². The summed E-state index contributed by atoms with van der Waals surface area (Å²) in [7, 11) is 0. The van der Waals surface area contributed by atoms with Crippen LogP contribution in [0.25, 0.3) is 106 Å². The maximum Gasteiger partial charge on any atom is 0.164 e. The highest BCUT2D eigenvalue weighted by Crippen LogP contribution is 2.61. The maximum atomic E-state index is 5.03. The van der Waals surface area contributed by atoms with Gasteiger partial charge in [0.05, 0.1) is 22.1 Å². The number of benzene rings is 10. The predicted octanol–water partition coefficient (Wildman–Crippen LogP) is 15.1. The Kier molecular flexibility index (Phi) is 7.87. The van der Waals surface area contributed by atoms with Crippen molar-refractivity contribution in [3.8, 4) is 73.2 Å². The minimum Gasteiger partial charge on any atom is -0.309 e. The van der Waals surface area contributed by atoms with E-state index in [2.05, 4.69) is 174 Å². The first-order valence-corrected chi connectivity index (χ1v) is 22.6. The molecule has 2 aliphatic rings. The van der Waals surface area contributed by atoms with E-state index in [9.17, 15) is 0 Å². The number of rotatable bonds is 5. The van der Waals surface area contributed by atoms with E-state index >= 15 is 0 Å². The summed E-state index contributed by atoms with van der Waals surface area (Å²) in [5, 5.41) is 4.98. The van der Waals surface area contributed by atoms with Crippen molar-refractivity contribution in [2.75, 3.05) is 0 Å². The normalized spacial score (nSPS) is 14.4. The molecule has 0 radical (unpaired) electrons. The highest BCUT2D eigenvalue weighted by molar-refractivity contribution is 6.13. The van der Waals surface area contributed by atoms with Crippen molar-refractivity contribution in [1.29, 1.82) is 0 Å². The summed E-state index contributed by atoms with van der Waals surface area (Å²) in [6.45, 7) is 0. The first-order valence-electron chi connectivity index (χ1n) is 22.6. The van der Waals surface area contributed by atoms with Crippen LogP contribution in [-0.4, -0.2) is 19.5 Å². The Morgan fingerprint density at radius 3 is 1.61 bits per heavy atom. The van der Waals surface area contributed by atoms with Crippen molar-refractivity contribution < 1.29 is 0 Å². The molecule has 0 bridgehead atoms. The molecule has 306 valence electrons. The lowest BCUT2D eigenvalue weighted by Gasteiger charge is -2.39. The first-order chi connectivity index (χ1) is 32.7. The summed E-state index contributed by atoms with van der Waals surface area (Å²) < 4.78 is 2.51. The first kappa shape index (κ1) is 36.7. The fraction of sp³-hybridized carbons (Fsp3) is 0.0161. The Labute approximate surface area is 381 Å². The van der Waals surface area contributed by atoms with Crippen LogP contribution in [0, 0.1) is 0 Å². The Bertz CT molecular complexity index is 3870. The summed E-state index contributed by atoms with van der Waals surface area (Å²) in [6.07, 6.45) is 0. The lowest BCUT2D eigenvalue weighted by Crippen LogP contribution is -2.33. The fourth-order valence-electron chi connectivity index (χ4n) is 11.3. The molecular formula is C62H38N4. The summed E-state index contributed by atoms with van der Waals surface area (Å²) >= 11 is 0. The van der Waals surface area contributed by atoms with E-state index in [0.717, 1.165) is 22.3 Å². The zero-order chi connectivity index (χ0) is 43.3. The van der Waals surface area contributed by atoms with Gasteiger partial charge in [0.15, 0.2) is 17.5 Å². The standard InChI is InChI=1S/C62H38N4/c1-3-17-41(18-4-1)59-63-60(42-19-5-2-6-20-42)65-61(64-59)43-32-30-40(31-33-43)46-36-34-39-16-7-8-21-45(39)57(46)44-35-37-48-47-22-9-11-25-51(47)62(54(48)38-44)52-26-12-14-29-56(52)66-55-28-13-10-23-49(55)50-24-15-27-53(62)58(50)66/h1-38H. The van der Waals surface area contributed by atoms with Gasteiger partial charge in [-0.05, 0) is 84.6 Å². The molecule has 0 saturated heterocycles. The molecule has 4 nitrogen and oxygen atoms in total. The summed E-state index contributed by atoms with van der Waals surface area (Å²) in [6, 6.07) is 83.6. The van der Waals surface area contributed by atoms with Gasteiger partial charge < -0.3 is 4.57 Å². The SMILES string of the molecule is c1ccc(-c2nc(-c3ccccc3)nc(-c3ccc(-c4ccc5ccccc5c4-c4ccc5c(c4)C4(c6ccccc6-5)c5ccccc5-n5c6ccccc6c6cccc4c65)cc3)n2)cc1. The molecule has 66 heavy (non-hydrogen) atoms. The van der Waals surface area contributed by atoms with Crippen LogP contribution >= 0.6 is 0 Å². The maximum absolute atomic E-state index is 5.03. The number of hydrogen-bond acceptors (Lipinski definition) is 3. The van der Waals surface area contributed by atoms with Crippen molar-refractivity contribution in [2.24, 2.45) is 0 Å². The summed E-state index contributed by atoms with van der Waals surface area (Å²) in [4.78, 5) is 15.0. The highest BCUT2D eigenvalue weighted by atomic mass is 15.0. The van der Waals surface area contributed by atoms with E-state index in [1.165, 1.54) is 88.3 Å². The Morgan fingerprint density at radius 2 is 0.848 bits per heavy atom. The Hall–Kier alpha value is -8.73. The lowest BCUT2D eigenvalue weighted by atomic mass is 9.65. The zero-order valence-corrected chi connectivity index (χ0v) is 35.7. The van der Waals surface area contributed by atoms with Gasteiger partial charge in [0.25, 0.3) is 0 Å². The molecular weight excluding hydrogens is 801 g/mol. The predicted molar refractivity (Wildman–Crippen MR) is 270 cm³/mol. The largest absolute Gasteiger partial charge is 0.309 e. The van der Waals surface area contributed by atoms with E-state index in [0.29, 0.717) is 17.5 Å². The van der Waals surface area contributed by atoms with Crippen LogP contribution in [0.5, 0.6) is 0 Å². The second-order valence-electron chi connectivity index (χ2n) is 17.5. The van der Waals surface area contributed by atoms with Gasteiger partial charge in [0.1, 0.15) is 0 Å². The average Bonchev–Trinajstić information content (AvgIpc) is 3.89. The molecule has 1 aliphatic carbocycles. The molecule has 10 aromatic carbocycles. The van der Waals surface area contributed by atoms with Gasteiger partial charge in [-0.3, -0.25) is 0 Å². The second kappa shape index (κ2) is 14.1. The molecule has 4 heteroatoms. The van der Waals surface area contributed by atoms with Crippen LogP contribution < -0.4 is 0 Å². The lowest BCUT2D eigenvalue weighted by molar-refractivity contribution is 0.749. The van der Waals surface area contributed by atoms with Gasteiger partial charge in [0, 0.05) is 27.5 Å². The van der Waals surface area contributed by atoms with Crippen molar-refractivity contribution >= 4 is 32.6 Å². The monoisotopic (exact) mass is 838 g/mol. The van der Waals surface area contributed by atoms with Crippen LogP contribution in [0.4, 0.5) is 0 Å². The third-order valence-electron chi connectivity index (χ3n) is 14.1. The smallest absolute Gasteiger partial charge is 0.164 e. The number of aromatic nitrogens is 4. The van der Waals surface area contributed by atoms with Gasteiger partial charge >= 0.3 is 0 Å². The van der Waals surface area contributed by atoms with E-state index in [1.807, 2.05) is 60.7 Å². The van der Waals surface area contributed by atoms with Crippen molar-refractivity contribution in [1.82, 2.24) is 19.5 Å². The third-order valence-corrected chi connectivity index (χ3v) is 14.1. The molecule has 14 rings (SSSR count). The number of hydrogen-bond donors (Lipinski definition) is 0. The highest BCUT2D eigenvalue weighted by Gasteiger charge is 2.51. The molecule has 2 aromatic heterocycles. The van der Waals surface area contributed by atoms with Gasteiger partial charge in [-0.15, -0.1) is 0 Å². The third kappa shape index (κ3) is 5.18. The zero-order valence-electron chi connectivity index (χ0n) is 35.7. The molecule has 1 aliphatic heterocycles. The van der Waals surface area contributed by atoms with Gasteiger partial charge in [-0.2, -0.15) is 0 Å². The second-order valence-corrected chi connectivity index (χ2v) is 17.5. The van der Waals surface area contributed by atoms with Crippen LogP contribution in [-0.2, 0) is 5.41 Å². The fourth-order valence-corrected chi connectivity index (χ4v) is 11.3. The van der Waals surface area contributed by atoms with Crippen molar-refractivity contribution in [2.45, 2.75) is 5.41 Å². The Morgan fingerprint density at radius 1 is 0.318 bits per heavy atom. The van der Waals surface area contributed by atoms with Gasteiger partial charge in [0.2, 0.25) is 0 Å². The molecule has 0 amide bonds. The molecule has 0 fully saturated rings. The molecule has 1 atom stereocenters. The number of para-hydroxylation sites is 3. The number of fused-ring (bicyclic) bond motifs is 13. The van der Waals surface area contributed by atoms with E-state index in [1.54, 1.807) is 0 Å². The summed E-state index contributed by atoms with van der Waals surface area (Å²) in [5.41, 5.74) is 18.5. The molecule has 0 N–H and O–H groups in total. The van der Waals surface area contributed by atoms with Gasteiger partial charge in [-0.25, -0.2) is 15.0 Å². The number of nitrogens with zero attached hydrogens (tertiary/aromatic N) is 4. The van der Waals surface area contributed by atoms with Crippen LogP contribution in [0.2, 0.25) is 0 Å². The molecule has 0 saturated carbocycles. The Balaban J connectivity index is 0.974. The van der Waals surface area contributed by atoms with E-state index in [-0.39, 0.29) is 0 Å². The topological polar surface area (TPSA) is 43.6 Å². The molecule has 3 heterocycles. The quantitative estimate of drug-likeness (QED) is 0.173. The van der Waals surface area contributed by atoms with Crippen LogP contribution in [0.1, 0.15) is 22.3 Å². The molecule has 1 spiro atoms. The van der Waals surface area contributed by atoms with Gasteiger partial charge in [-0.1, -0.05) is 212 Å². The van der Waals surface area contributed by atoms with Crippen molar-refractivity contribution in [3.63, 3.8) is 0 Å².